The SMILES string of the molecule is CNC(Cc1cc(Br)cs1)c1cc(C)cc(Br)c1. The Labute approximate surface area is 129 Å². The second-order valence-electron chi connectivity index (χ2n) is 4.34. The number of benzene rings is 1. The van der Waals surface area contributed by atoms with E-state index >= 15 is 0 Å². The highest BCUT2D eigenvalue weighted by Gasteiger charge is 2.12. The Bertz CT molecular complexity index is 516. The maximum absolute atomic E-state index is 3.57. The highest BCUT2D eigenvalue weighted by Crippen LogP contribution is 2.27. The fraction of sp³-hybridized carbons (Fsp3) is 0.286. The van der Waals surface area contributed by atoms with Gasteiger partial charge in [-0.1, -0.05) is 22.0 Å². The maximum Gasteiger partial charge on any atom is 0.0366 e. The lowest BCUT2D eigenvalue weighted by Gasteiger charge is -2.17. The predicted octanol–water partition coefficient (Wildman–Crippen LogP) is 5.08. The van der Waals surface area contributed by atoms with Gasteiger partial charge in [-0.15, -0.1) is 11.3 Å². The van der Waals surface area contributed by atoms with Crippen LogP contribution in [0.5, 0.6) is 0 Å². The summed E-state index contributed by atoms with van der Waals surface area (Å²) >= 11 is 8.87. The van der Waals surface area contributed by atoms with Crippen LogP contribution in [0, 0.1) is 6.92 Å². The van der Waals surface area contributed by atoms with Crippen LogP contribution in [-0.4, -0.2) is 7.05 Å². The number of hydrogen-bond acceptors (Lipinski definition) is 2. The molecule has 0 amide bonds. The largest absolute Gasteiger partial charge is 0.313 e. The minimum atomic E-state index is 0.353. The molecule has 0 aliphatic carbocycles. The van der Waals surface area contributed by atoms with Gasteiger partial charge in [0.25, 0.3) is 0 Å². The van der Waals surface area contributed by atoms with Gasteiger partial charge in [0, 0.05) is 31.7 Å². The van der Waals surface area contributed by atoms with Crippen LogP contribution in [0.25, 0.3) is 0 Å². The molecule has 0 saturated heterocycles. The van der Waals surface area contributed by atoms with Crippen LogP contribution in [0.3, 0.4) is 0 Å². The number of thiophene rings is 1. The van der Waals surface area contributed by atoms with Crippen molar-refractivity contribution in [2.45, 2.75) is 19.4 Å². The molecule has 1 nitrogen and oxygen atoms in total. The average Bonchev–Trinajstić information content (AvgIpc) is 2.70. The molecule has 1 N–H and O–H groups in total. The number of nitrogens with one attached hydrogen (secondary N) is 1. The van der Waals surface area contributed by atoms with Gasteiger partial charge < -0.3 is 5.32 Å². The molecule has 18 heavy (non-hydrogen) atoms. The molecular weight excluding hydrogens is 374 g/mol. The van der Waals surface area contributed by atoms with E-state index in [-0.39, 0.29) is 0 Å². The highest BCUT2D eigenvalue weighted by molar-refractivity contribution is 9.10. The summed E-state index contributed by atoms with van der Waals surface area (Å²) in [6, 6.07) is 9.12. The summed E-state index contributed by atoms with van der Waals surface area (Å²) in [5, 5.41) is 5.53. The topological polar surface area (TPSA) is 12.0 Å². The fourth-order valence-corrected chi connectivity index (χ4v) is 4.14. The van der Waals surface area contributed by atoms with Crippen molar-refractivity contribution < 1.29 is 0 Å². The molecule has 96 valence electrons. The molecule has 0 saturated carbocycles. The van der Waals surface area contributed by atoms with Crippen molar-refractivity contribution >= 4 is 43.2 Å². The van der Waals surface area contributed by atoms with Crippen LogP contribution in [0.1, 0.15) is 22.0 Å². The van der Waals surface area contributed by atoms with Gasteiger partial charge in [-0.3, -0.25) is 0 Å². The van der Waals surface area contributed by atoms with Crippen molar-refractivity contribution in [3.8, 4) is 0 Å². The monoisotopic (exact) mass is 387 g/mol. The molecule has 1 atom stereocenters. The third-order valence-electron chi connectivity index (χ3n) is 2.84. The number of halogens is 2. The van der Waals surface area contributed by atoms with E-state index in [2.05, 4.69) is 73.7 Å². The quantitative estimate of drug-likeness (QED) is 0.769. The first-order chi connectivity index (χ1) is 8.58. The van der Waals surface area contributed by atoms with Crippen LogP contribution in [0.4, 0.5) is 0 Å². The van der Waals surface area contributed by atoms with Crippen molar-refractivity contribution in [1.29, 1.82) is 0 Å². The summed E-state index contributed by atoms with van der Waals surface area (Å²) in [4.78, 5) is 1.39. The minimum Gasteiger partial charge on any atom is -0.313 e. The van der Waals surface area contributed by atoms with Gasteiger partial charge in [-0.25, -0.2) is 0 Å². The number of likely N-dealkylation sites (N-methyl/N-ethyl adjacent to an activating group) is 1. The Morgan fingerprint density at radius 2 is 1.94 bits per heavy atom. The summed E-state index contributed by atoms with van der Waals surface area (Å²) < 4.78 is 2.31. The molecule has 2 rings (SSSR count). The third kappa shape index (κ3) is 3.67. The van der Waals surface area contributed by atoms with Gasteiger partial charge in [0.1, 0.15) is 0 Å². The van der Waals surface area contributed by atoms with Crippen LogP contribution >= 0.6 is 43.2 Å². The Balaban J connectivity index is 2.22. The zero-order chi connectivity index (χ0) is 13.1. The minimum absolute atomic E-state index is 0.353. The molecule has 0 bridgehead atoms. The molecule has 0 fully saturated rings. The average molecular weight is 389 g/mol. The summed E-state index contributed by atoms with van der Waals surface area (Å²) in [6.07, 6.45) is 1.02. The van der Waals surface area contributed by atoms with Crippen LogP contribution in [0.15, 0.2) is 38.6 Å². The molecule has 0 spiro atoms. The molecule has 0 aliphatic rings. The van der Waals surface area contributed by atoms with E-state index in [0.717, 1.165) is 10.9 Å². The zero-order valence-corrected chi connectivity index (χ0v) is 14.3. The number of rotatable bonds is 4. The van der Waals surface area contributed by atoms with Crippen LogP contribution < -0.4 is 5.32 Å². The van der Waals surface area contributed by atoms with Gasteiger partial charge in [0.05, 0.1) is 0 Å². The lowest BCUT2D eigenvalue weighted by molar-refractivity contribution is 0.596. The first kappa shape index (κ1) is 14.3. The Morgan fingerprint density at radius 3 is 2.50 bits per heavy atom. The van der Waals surface area contributed by atoms with Crippen molar-refractivity contribution in [2.24, 2.45) is 0 Å². The number of aryl methyl sites for hydroxylation is 1. The molecule has 4 heteroatoms. The summed E-state index contributed by atoms with van der Waals surface area (Å²) in [5.74, 6) is 0. The molecule has 1 heterocycles. The van der Waals surface area contributed by atoms with Gasteiger partial charge >= 0.3 is 0 Å². The zero-order valence-electron chi connectivity index (χ0n) is 10.3. The van der Waals surface area contributed by atoms with E-state index in [1.165, 1.54) is 20.5 Å². The highest BCUT2D eigenvalue weighted by atomic mass is 79.9. The fourth-order valence-electron chi connectivity index (χ4n) is 2.01. The first-order valence-corrected chi connectivity index (χ1v) is 8.22. The molecule has 0 radical (unpaired) electrons. The van der Waals surface area contributed by atoms with Crippen molar-refractivity contribution in [3.05, 3.63) is 54.6 Å². The van der Waals surface area contributed by atoms with Crippen LogP contribution in [0.2, 0.25) is 0 Å². The first-order valence-electron chi connectivity index (χ1n) is 5.76. The molecule has 1 unspecified atom stereocenters. The Hall–Kier alpha value is -0.160. The molecule has 2 aromatic rings. The van der Waals surface area contributed by atoms with E-state index in [1.807, 2.05) is 7.05 Å². The molecule has 0 aliphatic heterocycles. The van der Waals surface area contributed by atoms with Crippen molar-refractivity contribution in [3.63, 3.8) is 0 Å². The van der Waals surface area contributed by atoms with Gasteiger partial charge in [0.2, 0.25) is 0 Å². The normalized spacial score (nSPS) is 12.7. The summed E-state index contributed by atoms with van der Waals surface area (Å²) in [7, 11) is 2.02. The van der Waals surface area contributed by atoms with E-state index in [9.17, 15) is 0 Å². The molecule has 1 aromatic carbocycles. The van der Waals surface area contributed by atoms with Gasteiger partial charge in [-0.05, 0) is 59.2 Å². The van der Waals surface area contributed by atoms with Crippen molar-refractivity contribution in [2.75, 3.05) is 7.05 Å². The molecular formula is C14H15Br2NS. The van der Waals surface area contributed by atoms with E-state index in [0.29, 0.717) is 6.04 Å². The lowest BCUT2D eigenvalue weighted by Crippen LogP contribution is -2.18. The van der Waals surface area contributed by atoms with E-state index < -0.39 is 0 Å². The van der Waals surface area contributed by atoms with E-state index in [1.54, 1.807) is 11.3 Å². The Morgan fingerprint density at radius 1 is 1.17 bits per heavy atom. The standard InChI is InChI=1S/C14H15Br2NS/c1-9-3-10(5-11(15)4-9)14(17-2)7-13-6-12(16)8-18-13/h3-6,8,14,17H,7H2,1-2H3. The van der Waals surface area contributed by atoms with Crippen LogP contribution in [-0.2, 0) is 6.42 Å². The van der Waals surface area contributed by atoms with Crippen molar-refractivity contribution in [1.82, 2.24) is 5.32 Å². The second kappa shape index (κ2) is 6.33. The predicted molar refractivity (Wildman–Crippen MR) is 86.4 cm³/mol. The summed E-state index contributed by atoms with van der Waals surface area (Å²) in [6.45, 7) is 2.13. The summed E-state index contributed by atoms with van der Waals surface area (Å²) in [5.41, 5.74) is 2.61. The lowest BCUT2D eigenvalue weighted by atomic mass is 10.0. The second-order valence-corrected chi connectivity index (χ2v) is 7.17. The smallest absolute Gasteiger partial charge is 0.0366 e. The maximum atomic E-state index is 3.57. The van der Waals surface area contributed by atoms with Gasteiger partial charge in [-0.2, -0.15) is 0 Å². The third-order valence-corrected chi connectivity index (χ3v) is 5.02. The van der Waals surface area contributed by atoms with Gasteiger partial charge in [0.15, 0.2) is 0 Å². The van der Waals surface area contributed by atoms with E-state index in [4.69, 9.17) is 0 Å². The molecule has 1 aromatic heterocycles. The number of hydrogen-bond donors (Lipinski definition) is 1. The Kier molecular flexibility index (Phi) is 5.01.